The third-order valence-corrected chi connectivity index (χ3v) is 4.00. The second-order valence-electron chi connectivity index (χ2n) is 6.00. The highest BCUT2D eigenvalue weighted by Crippen LogP contribution is 2.23. The number of rotatable bonds is 10. The summed E-state index contributed by atoms with van der Waals surface area (Å²) in [5.74, 6) is 0.194. The Hall–Kier alpha value is -2.03. The quantitative estimate of drug-likeness (QED) is 0.613. The molecular weight excluding hydrogens is 288 g/mol. The van der Waals surface area contributed by atoms with Crippen LogP contribution in [0.4, 0.5) is 0 Å². The second kappa shape index (κ2) is 9.19. The number of benzene rings is 2. The van der Waals surface area contributed by atoms with Crippen molar-refractivity contribution in [1.82, 2.24) is 0 Å². The number of aliphatic carboxylic acids is 1. The van der Waals surface area contributed by atoms with Gasteiger partial charge in [-0.15, -0.1) is 0 Å². The summed E-state index contributed by atoms with van der Waals surface area (Å²) in [4.78, 5) is 10.6. The summed E-state index contributed by atoms with van der Waals surface area (Å²) in [5.41, 5.74) is 1.19. The van der Waals surface area contributed by atoms with Gasteiger partial charge in [0.05, 0.1) is 6.61 Å². The summed E-state index contributed by atoms with van der Waals surface area (Å²) in [6.07, 6.45) is 6.55. The first-order valence-electron chi connectivity index (χ1n) is 8.56. The lowest BCUT2D eigenvalue weighted by atomic mass is 10.0. The van der Waals surface area contributed by atoms with E-state index in [4.69, 9.17) is 9.84 Å². The van der Waals surface area contributed by atoms with E-state index in [9.17, 15) is 4.79 Å². The molecule has 124 valence electrons. The highest BCUT2D eigenvalue weighted by atomic mass is 16.5. The summed E-state index contributed by atoms with van der Waals surface area (Å²) in [6.45, 7) is 2.99. The van der Waals surface area contributed by atoms with E-state index in [0.29, 0.717) is 6.42 Å². The van der Waals surface area contributed by atoms with E-state index in [-0.39, 0.29) is 6.42 Å². The van der Waals surface area contributed by atoms with Crippen LogP contribution in [-0.2, 0) is 11.2 Å². The Morgan fingerprint density at radius 1 is 1.00 bits per heavy atom. The molecule has 0 atom stereocenters. The second-order valence-corrected chi connectivity index (χ2v) is 6.00. The van der Waals surface area contributed by atoms with Crippen molar-refractivity contribution in [1.29, 1.82) is 0 Å². The maximum absolute atomic E-state index is 10.6. The SMILES string of the molecule is CCCCCCOc1ccc2cc(CCCC(=O)O)ccc2c1. The Labute approximate surface area is 138 Å². The van der Waals surface area contributed by atoms with Crippen LogP contribution in [-0.4, -0.2) is 17.7 Å². The van der Waals surface area contributed by atoms with Gasteiger partial charge in [0.25, 0.3) is 0 Å². The van der Waals surface area contributed by atoms with E-state index in [2.05, 4.69) is 37.3 Å². The highest BCUT2D eigenvalue weighted by molar-refractivity contribution is 5.84. The molecule has 2 rings (SSSR count). The summed E-state index contributed by atoms with van der Waals surface area (Å²) < 4.78 is 5.82. The molecule has 1 N–H and O–H groups in total. The number of carboxylic acids is 1. The van der Waals surface area contributed by atoms with Crippen molar-refractivity contribution in [2.24, 2.45) is 0 Å². The van der Waals surface area contributed by atoms with Gasteiger partial charge in [0.1, 0.15) is 5.75 Å². The molecule has 0 aliphatic carbocycles. The Balaban J connectivity index is 1.91. The van der Waals surface area contributed by atoms with Crippen molar-refractivity contribution in [3.63, 3.8) is 0 Å². The van der Waals surface area contributed by atoms with E-state index in [1.165, 1.54) is 30.2 Å². The summed E-state index contributed by atoms with van der Waals surface area (Å²) in [7, 11) is 0. The van der Waals surface area contributed by atoms with Gasteiger partial charge in [-0.2, -0.15) is 0 Å². The lowest BCUT2D eigenvalue weighted by molar-refractivity contribution is -0.137. The zero-order valence-corrected chi connectivity index (χ0v) is 13.9. The number of unbranched alkanes of at least 4 members (excludes halogenated alkanes) is 3. The number of carboxylic acid groups (broad SMARTS) is 1. The summed E-state index contributed by atoms with van der Waals surface area (Å²) in [6, 6.07) is 12.5. The highest BCUT2D eigenvalue weighted by Gasteiger charge is 2.02. The lowest BCUT2D eigenvalue weighted by Gasteiger charge is -2.08. The fourth-order valence-corrected chi connectivity index (χ4v) is 2.68. The molecule has 0 heterocycles. The minimum Gasteiger partial charge on any atom is -0.494 e. The van der Waals surface area contributed by atoms with Crippen LogP contribution in [0.25, 0.3) is 10.8 Å². The molecule has 0 aliphatic heterocycles. The molecule has 0 saturated heterocycles. The van der Waals surface area contributed by atoms with Crippen molar-refractivity contribution in [3.05, 3.63) is 42.0 Å². The van der Waals surface area contributed by atoms with Gasteiger partial charge in [-0.05, 0) is 47.7 Å². The van der Waals surface area contributed by atoms with E-state index in [0.717, 1.165) is 30.6 Å². The molecule has 0 aliphatic rings. The Morgan fingerprint density at radius 3 is 2.57 bits per heavy atom. The van der Waals surface area contributed by atoms with Crippen LogP contribution in [0.3, 0.4) is 0 Å². The van der Waals surface area contributed by atoms with Gasteiger partial charge < -0.3 is 9.84 Å². The maximum Gasteiger partial charge on any atom is 0.303 e. The maximum atomic E-state index is 10.6. The van der Waals surface area contributed by atoms with Crippen LogP contribution >= 0.6 is 0 Å². The zero-order valence-electron chi connectivity index (χ0n) is 13.9. The number of aryl methyl sites for hydroxylation is 1. The average molecular weight is 314 g/mol. The van der Waals surface area contributed by atoms with Crippen LogP contribution < -0.4 is 4.74 Å². The molecule has 0 bridgehead atoms. The van der Waals surface area contributed by atoms with E-state index in [1.54, 1.807) is 0 Å². The average Bonchev–Trinajstić information content (AvgIpc) is 2.54. The number of fused-ring (bicyclic) bond motifs is 1. The van der Waals surface area contributed by atoms with Gasteiger partial charge in [0, 0.05) is 6.42 Å². The molecule has 0 aromatic heterocycles. The van der Waals surface area contributed by atoms with Crippen LogP contribution in [0.2, 0.25) is 0 Å². The number of ether oxygens (including phenoxy) is 1. The van der Waals surface area contributed by atoms with Crippen LogP contribution in [0.15, 0.2) is 36.4 Å². The van der Waals surface area contributed by atoms with E-state index >= 15 is 0 Å². The fourth-order valence-electron chi connectivity index (χ4n) is 2.68. The van der Waals surface area contributed by atoms with Gasteiger partial charge in [-0.1, -0.05) is 50.5 Å². The first-order chi connectivity index (χ1) is 11.2. The normalized spacial score (nSPS) is 10.8. The minimum atomic E-state index is -0.730. The lowest BCUT2D eigenvalue weighted by Crippen LogP contribution is -1.97. The minimum absolute atomic E-state index is 0.225. The molecule has 0 radical (unpaired) electrons. The van der Waals surface area contributed by atoms with Crippen molar-refractivity contribution in [2.75, 3.05) is 6.61 Å². The van der Waals surface area contributed by atoms with E-state index in [1.807, 2.05) is 6.07 Å². The first kappa shape index (κ1) is 17.3. The number of hydrogen-bond acceptors (Lipinski definition) is 2. The molecule has 0 spiro atoms. The molecule has 3 heteroatoms. The molecule has 23 heavy (non-hydrogen) atoms. The number of hydrogen-bond donors (Lipinski definition) is 1. The molecular formula is C20H26O3. The fraction of sp³-hybridized carbons (Fsp3) is 0.450. The summed E-state index contributed by atoms with van der Waals surface area (Å²) in [5, 5.41) is 11.0. The zero-order chi connectivity index (χ0) is 16.5. The standard InChI is InChI=1S/C20H26O3/c1-2-3-4-5-13-23-19-12-11-17-14-16(7-6-8-20(21)22)9-10-18(17)15-19/h9-12,14-15H,2-8,13H2,1H3,(H,21,22). The summed E-state index contributed by atoms with van der Waals surface area (Å²) >= 11 is 0. The van der Waals surface area contributed by atoms with Gasteiger partial charge in [-0.3, -0.25) is 4.79 Å². The third kappa shape index (κ3) is 5.93. The van der Waals surface area contributed by atoms with Gasteiger partial charge >= 0.3 is 5.97 Å². The monoisotopic (exact) mass is 314 g/mol. The smallest absolute Gasteiger partial charge is 0.303 e. The molecule has 3 nitrogen and oxygen atoms in total. The van der Waals surface area contributed by atoms with Crippen LogP contribution in [0.1, 0.15) is 51.0 Å². The Bertz CT molecular complexity index is 634. The Morgan fingerprint density at radius 2 is 1.78 bits per heavy atom. The van der Waals surface area contributed by atoms with Crippen LogP contribution in [0, 0.1) is 0 Å². The largest absolute Gasteiger partial charge is 0.494 e. The predicted octanol–water partition coefficient (Wildman–Crippen LogP) is 5.21. The van der Waals surface area contributed by atoms with Crippen molar-refractivity contribution < 1.29 is 14.6 Å². The third-order valence-electron chi connectivity index (χ3n) is 4.00. The van der Waals surface area contributed by atoms with Gasteiger partial charge in [0.2, 0.25) is 0 Å². The van der Waals surface area contributed by atoms with Gasteiger partial charge in [0.15, 0.2) is 0 Å². The van der Waals surface area contributed by atoms with Crippen LogP contribution in [0.5, 0.6) is 5.75 Å². The van der Waals surface area contributed by atoms with Crippen molar-refractivity contribution >= 4 is 16.7 Å². The van der Waals surface area contributed by atoms with Gasteiger partial charge in [-0.25, -0.2) is 0 Å². The Kier molecular flexibility index (Phi) is 6.92. The van der Waals surface area contributed by atoms with Crippen molar-refractivity contribution in [2.45, 2.75) is 51.9 Å². The molecule has 0 fully saturated rings. The van der Waals surface area contributed by atoms with Crippen molar-refractivity contribution in [3.8, 4) is 5.75 Å². The predicted molar refractivity (Wildman–Crippen MR) is 94.2 cm³/mol. The molecule has 2 aromatic carbocycles. The number of carbonyl (C=O) groups is 1. The molecule has 0 unspecified atom stereocenters. The molecule has 0 saturated carbocycles. The topological polar surface area (TPSA) is 46.5 Å². The molecule has 2 aromatic rings. The van der Waals surface area contributed by atoms with E-state index < -0.39 is 5.97 Å². The first-order valence-corrected chi connectivity index (χ1v) is 8.56. The molecule has 0 amide bonds.